The van der Waals surface area contributed by atoms with E-state index >= 15 is 0 Å². The highest BCUT2D eigenvalue weighted by molar-refractivity contribution is 6.00. The molecule has 0 radical (unpaired) electrons. The topological polar surface area (TPSA) is 84.7 Å². The predicted molar refractivity (Wildman–Crippen MR) is 106 cm³/mol. The molecule has 1 aliphatic heterocycles. The molecule has 0 aliphatic carbocycles. The molecule has 2 amide bonds. The number of methoxy groups -OCH3 is 1. The maximum atomic E-state index is 12.8. The standard InChI is InChI=1S/C21H25N3O3/c1-21(2,22)20(26)23-16-8-7-15-9-10-24(18(15)13-16)19(25)12-14-5-4-6-17(11-14)27-3/h4-8,11,13H,9-10,12,22H2,1-3H3,(H,23,26). The van der Waals surface area contributed by atoms with E-state index < -0.39 is 5.54 Å². The third-order valence-corrected chi connectivity index (χ3v) is 4.61. The van der Waals surface area contributed by atoms with Crippen LogP contribution in [0, 0.1) is 0 Å². The first kappa shape index (κ1) is 18.9. The van der Waals surface area contributed by atoms with Gasteiger partial charge in [-0.2, -0.15) is 0 Å². The Morgan fingerprint density at radius 2 is 2.00 bits per heavy atom. The van der Waals surface area contributed by atoms with E-state index in [1.165, 1.54) is 0 Å². The Kier molecular flexibility index (Phi) is 5.19. The summed E-state index contributed by atoms with van der Waals surface area (Å²) in [7, 11) is 1.61. The first-order valence-electron chi connectivity index (χ1n) is 8.94. The second-order valence-electron chi connectivity index (χ2n) is 7.34. The summed E-state index contributed by atoms with van der Waals surface area (Å²) in [6.07, 6.45) is 1.10. The molecule has 142 valence electrons. The van der Waals surface area contributed by atoms with Gasteiger partial charge in [-0.15, -0.1) is 0 Å². The number of nitrogens with zero attached hydrogens (tertiary/aromatic N) is 1. The second-order valence-corrected chi connectivity index (χ2v) is 7.34. The van der Waals surface area contributed by atoms with Gasteiger partial charge >= 0.3 is 0 Å². The number of hydrogen-bond donors (Lipinski definition) is 2. The third-order valence-electron chi connectivity index (χ3n) is 4.61. The molecule has 6 heteroatoms. The van der Waals surface area contributed by atoms with Gasteiger partial charge in [0.15, 0.2) is 0 Å². The second kappa shape index (κ2) is 7.40. The summed E-state index contributed by atoms with van der Waals surface area (Å²) < 4.78 is 5.22. The van der Waals surface area contributed by atoms with Crippen molar-refractivity contribution in [1.82, 2.24) is 0 Å². The molecule has 27 heavy (non-hydrogen) atoms. The molecule has 0 fully saturated rings. The summed E-state index contributed by atoms with van der Waals surface area (Å²) in [5.74, 6) is 0.482. The van der Waals surface area contributed by atoms with Crippen LogP contribution in [0.3, 0.4) is 0 Å². The fraction of sp³-hybridized carbons (Fsp3) is 0.333. The van der Waals surface area contributed by atoms with Crippen molar-refractivity contribution in [3.05, 3.63) is 53.6 Å². The van der Waals surface area contributed by atoms with Crippen LogP contribution in [0.1, 0.15) is 25.0 Å². The molecule has 1 aliphatic rings. The van der Waals surface area contributed by atoms with E-state index in [1.807, 2.05) is 42.5 Å². The lowest BCUT2D eigenvalue weighted by molar-refractivity contribution is -0.120. The SMILES string of the molecule is COc1cccc(CC(=O)N2CCc3ccc(NC(=O)C(C)(C)N)cc32)c1. The van der Waals surface area contributed by atoms with Crippen molar-refractivity contribution in [3.8, 4) is 5.75 Å². The van der Waals surface area contributed by atoms with Gasteiger partial charge in [0.05, 0.1) is 19.1 Å². The Morgan fingerprint density at radius 1 is 1.22 bits per heavy atom. The minimum Gasteiger partial charge on any atom is -0.497 e. The van der Waals surface area contributed by atoms with Gasteiger partial charge in [-0.1, -0.05) is 18.2 Å². The molecule has 0 saturated heterocycles. The maximum absolute atomic E-state index is 12.8. The van der Waals surface area contributed by atoms with Gasteiger partial charge in [0.1, 0.15) is 5.75 Å². The van der Waals surface area contributed by atoms with E-state index in [0.29, 0.717) is 18.7 Å². The number of benzene rings is 2. The molecule has 1 heterocycles. The maximum Gasteiger partial charge on any atom is 0.243 e. The summed E-state index contributed by atoms with van der Waals surface area (Å²) in [5, 5.41) is 2.82. The lowest BCUT2D eigenvalue weighted by Crippen LogP contribution is -2.45. The molecule has 3 rings (SSSR count). The first-order valence-corrected chi connectivity index (χ1v) is 8.94. The molecular formula is C21H25N3O3. The minimum atomic E-state index is -0.971. The largest absolute Gasteiger partial charge is 0.497 e. The lowest BCUT2D eigenvalue weighted by Gasteiger charge is -2.20. The van der Waals surface area contributed by atoms with E-state index in [2.05, 4.69) is 5.32 Å². The van der Waals surface area contributed by atoms with Crippen molar-refractivity contribution in [1.29, 1.82) is 0 Å². The van der Waals surface area contributed by atoms with Crippen LogP contribution in [0.4, 0.5) is 11.4 Å². The molecule has 0 saturated carbocycles. The van der Waals surface area contributed by atoms with Crippen LogP contribution in [0.5, 0.6) is 5.75 Å². The number of carbonyl (C=O) groups excluding carboxylic acids is 2. The van der Waals surface area contributed by atoms with Crippen LogP contribution < -0.4 is 20.7 Å². The molecule has 0 bridgehead atoms. The van der Waals surface area contributed by atoms with Gasteiger partial charge in [-0.05, 0) is 55.7 Å². The summed E-state index contributed by atoms with van der Waals surface area (Å²) in [4.78, 5) is 26.7. The number of anilines is 2. The van der Waals surface area contributed by atoms with E-state index in [9.17, 15) is 9.59 Å². The number of ether oxygens (including phenoxy) is 1. The van der Waals surface area contributed by atoms with E-state index in [0.717, 1.165) is 29.0 Å². The van der Waals surface area contributed by atoms with Gasteiger partial charge in [0.2, 0.25) is 11.8 Å². The average molecular weight is 367 g/mol. The van der Waals surface area contributed by atoms with Gasteiger partial charge in [0.25, 0.3) is 0 Å². The molecular weight excluding hydrogens is 342 g/mol. The van der Waals surface area contributed by atoms with Crippen molar-refractivity contribution in [2.75, 3.05) is 23.9 Å². The zero-order chi connectivity index (χ0) is 19.6. The Balaban J connectivity index is 1.77. The first-order chi connectivity index (χ1) is 12.8. The Morgan fingerprint density at radius 3 is 2.70 bits per heavy atom. The number of rotatable bonds is 5. The molecule has 2 aromatic rings. The Hall–Kier alpha value is -2.86. The Labute approximate surface area is 159 Å². The monoisotopic (exact) mass is 367 g/mol. The number of fused-ring (bicyclic) bond motifs is 1. The average Bonchev–Trinajstić information content (AvgIpc) is 3.04. The van der Waals surface area contributed by atoms with Crippen LogP contribution in [0.25, 0.3) is 0 Å². The zero-order valence-corrected chi connectivity index (χ0v) is 15.9. The summed E-state index contributed by atoms with van der Waals surface area (Å²) in [5.41, 5.74) is 8.35. The molecule has 0 unspecified atom stereocenters. The molecule has 0 atom stereocenters. The highest BCUT2D eigenvalue weighted by Gasteiger charge is 2.26. The number of nitrogens with one attached hydrogen (secondary N) is 1. The quantitative estimate of drug-likeness (QED) is 0.850. The van der Waals surface area contributed by atoms with Crippen LogP contribution in [-0.2, 0) is 22.4 Å². The van der Waals surface area contributed by atoms with Crippen molar-refractivity contribution < 1.29 is 14.3 Å². The smallest absolute Gasteiger partial charge is 0.243 e. The van der Waals surface area contributed by atoms with Gasteiger partial charge in [0, 0.05) is 17.9 Å². The van der Waals surface area contributed by atoms with E-state index in [-0.39, 0.29) is 11.8 Å². The molecule has 0 aromatic heterocycles. The highest BCUT2D eigenvalue weighted by atomic mass is 16.5. The fourth-order valence-electron chi connectivity index (χ4n) is 3.06. The predicted octanol–water partition coefficient (Wildman–Crippen LogP) is 2.50. The summed E-state index contributed by atoms with van der Waals surface area (Å²) in [6, 6.07) is 13.2. The molecule has 0 spiro atoms. The third kappa shape index (κ3) is 4.28. The minimum absolute atomic E-state index is 0.0182. The normalized spacial score (nSPS) is 13.3. The fourth-order valence-corrected chi connectivity index (χ4v) is 3.06. The van der Waals surface area contributed by atoms with E-state index in [1.54, 1.807) is 25.9 Å². The van der Waals surface area contributed by atoms with Crippen LogP contribution in [-0.4, -0.2) is 31.0 Å². The van der Waals surface area contributed by atoms with E-state index in [4.69, 9.17) is 10.5 Å². The van der Waals surface area contributed by atoms with Gasteiger partial charge in [-0.3, -0.25) is 9.59 Å². The van der Waals surface area contributed by atoms with Crippen molar-refractivity contribution in [3.63, 3.8) is 0 Å². The molecule has 2 aromatic carbocycles. The molecule has 6 nitrogen and oxygen atoms in total. The number of nitrogens with two attached hydrogens (primary N) is 1. The summed E-state index contributed by atoms with van der Waals surface area (Å²) >= 11 is 0. The van der Waals surface area contributed by atoms with Crippen LogP contribution >= 0.6 is 0 Å². The summed E-state index contributed by atoms with van der Waals surface area (Å²) in [6.45, 7) is 3.94. The van der Waals surface area contributed by atoms with Crippen molar-refractivity contribution >= 4 is 23.2 Å². The van der Waals surface area contributed by atoms with Gasteiger partial charge in [-0.25, -0.2) is 0 Å². The van der Waals surface area contributed by atoms with Crippen molar-refractivity contribution in [2.45, 2.75) is 32.2 Å². The number of amides is 2. The van der Waals surface area contributed by atoms with Gasteiger partial charge < -0.3 is 20.7 Å². The lowest BCUT2D eigenvalue weighted by atomic mass is 10.1. The zero-order valence-electron chi connectivity index (χ0n) is 15.9. The number of carbonyl (C=O) groups is 2. The Bertz CT molecular complexity index is 871. The van der Waals surface area contributed by atoms with Crippen LogP contribution in [0.15, 0.2) is 42.5 Å². The van der Waals surface area contributed by atoms with Crippen molar-refractivity contribution in [2.24, 2.45) is 5.73 Å². The van der Waals surface area contributed by atoms with Crippen LogP contribution in [0.2, 0.25) is 0 Å². The number of hydrogen-bond acceptors (Lipinski definition) is 4. The highest BCUT2D eigenvalue weighted by Crippen LogP contribution is 2.31. The molecule has 3 N–H and O–H groups in total.